The first-order valence-corrected chi connectivity index (χ1v) is 9.43. The Morgan fingerprint density at radius 2 is 2.33 bits per heavy atom. The molecule has 0 spiro atoms. The van der Waals surface area contributed by atoms with Gasteiger partial charge in [-0.2, -0.15) is 5.10 Å². The maximum atomic E-state index is 12.7. The second kappa shape index (κ2) is 7.49. The zero-order chi connectivity index (χ0) is 17.1. The van der Waals surface area contributed by atoms with Gasteiger partial charge in [0.05, 0.1) is 12.6 Å². The highest BCUT2D eigenvalue weighted by Crippen LogP contribution is 2.27. The van der Waals surface area contributed by atoms with Gasteiger partial charge in [-0.1, -0.05) is 6.07 Å². The van der Waals surface area contributed by atoms with Crippen LogP contribution in [-0.2, 0) is 11.8 Å². The zero-order valence-electron chi connectivity index (χ0n) is 14.7. The van der Waals surface area contributed by atoms with E-state index in [0.717, 1.165) is 19.5 Å². The molecule has 0 bridgehead atoms. The normalized spacial score (nSPS) is 20.0. The average Bonchev–Trinajstić information content (AvgIpc) is 3.25. The summed E-state index contributed by atoms with van der Waals surface area (Å²) in [6, 6.07) is 6.37. The van der Waals surface area contributed by atoms with Crippen LogP contribution in [0.5, 0.6) is 0 Å². The molecule has 2 aromatic heterocycles. The standard InChI is InChI=1S/C18H26N4OS/c1-14(17-7-5-11-24-17)20(2)18(23)13-22-10-4-6-15(12-22)16-8-9-19-21(16)3/h5,7-9,11,14-15H,4,6,10,12-13H2,1-3H3/t14-,15-/m0/s1. The van der Waals surface area contributed by atoms with Crippen LogP contribution in [0, 0.1) is 0 Å². The first-order chi connectivity index (χ1) is 11.6. The first kappa shape index (κ1) is 17.2. The predicted octanol–water partition coefficient (Wildman–Crippen LogP) is 2.88. The number of carbonyl (C=O) groups excluding carboxylic acids is 1. The van der Waals surface area contributed by atoms with Crippen molar-refractivity contribution in [1.82, 2.24) is 19.6 Å². The Kier molecular flexibility index (Phi) is 5.36. The van der Waals surface area contributed by atoms with Crippen LogP contribution in [0.2, 0.25) is 0 Å². The quantitative estimate of drug-likeness (QED) is 0.836. The highest BCUT2D eigenvalue weighted by atomic mass is 32.1. The number of piperidine rings is 1. The Labute approximate surface area is 147 Å². The molecule has 0 aliphatic carbocycles. The lowest BCUT2D eigenvalue weighted by Crippen LogP contribution is -2.43. The predicted molar refractivity (Wildman–Crippen MR) is 97.1 cm³/mol. The van der Waals surface area contributed by atoms with Gasteiger partial charge in [0, 0.05) is 43.3 Å². The summed E-state index contributed by atoms with van der Waals surface area (Å²) in [6.07, 6.45) is 4.16. The maximum absolute atomic E-state index is 12.7. The number of nitrogens with zero attached hydrogens (tertiary/aromatic N) is 4. The molecule has 5 nitrogen and oxygen atoms in total. The molecule has 3 rings (SSSR count). The average molecular weight is 347 g/mol. The van der Waals surface area contributed by atoms with Crippen LogP contribution >= 0.6 is 11.3 Å². The van der Waals surface area contributed by atoms with Crippen LogP contribution in [0.15, 0.2) is 29.8 Å². The van der Waals surface area contributed by atoms with E-state index < -0.39 is 0 Å². The maximum Gasteiger partial charge on any atom is 0.237 e. The minimum atomic E-state index is 0.134. The van der Waals surface area contributed by atoms with Gasteiger partial charge in [0.1, 0.15) is 0 Å². The lowest BCUT2D eigenvalue weighted by molar-refractivity contribution is -0.133. The lowest BCUT2D eigenvalue weighted by atomic mass is 9.94. The van der Waals surface area contributed by atoms with E-state index in [1.54, 1.807) is 11.3 Å². The Morgan fingerprint density at radius 1 is 1.50 bits per heavy atom. The van der Waals surface area contributed by atoms with E-state index in [1.165, 1.54) is 17.0 Å². The summed E-state index contributed by atoms with van der Waals surface area (Å²) in [4.78, 5) is 18.1. The third kappa shape index (κ3) is 3.70. The number of hydrogen-bond donors (Lipinski definition) is 0. The van der Waals surface area contributed by atoms with Crippen molar-refractivity contribution < 1.29 is 4.79 Å². The molecule has 0 aromatic carbocycles. The van der Waals surface area contributed by atoms with Crippen molar-refractivity contribution in [3.8, 4) is 0 Å². The van der Waals surface area contributed by atoms with Crippen LogP contribution < -0.4 is 0 Å². The molecule has 1 amide bonds. The SMILES string of the molecule is C[C@@H](c1cccs1)N(C)C(=O)CN1CCC[C@H](c2ccnn2C)C1. The van der Waals surface area contributed by atoms with Gasteiger partial charge in [0.2, 0.25) is 5.91 Å². The first-order valence-electron chi connectivity index (χ1n) is 8.55. The van der Waals surface area contributed by atoms with Gasteiger partial charge in [-0.25, -0.2) is 0 Å². The summed E-state index contributed by atoms with van der Waals surface area (Å²) in [5, 5.41) is 6.34. The van der Waals surface area contributed by atoms with Gasteiger partial charge >= 0.3 is 0 Å². The second-order valence-electron chi connectivity index (χ2n) is 6.65. The summed E-state index contributed by atoms with van der Waals surface area (Å²) in [5.74, 6) is 0.667. The molecule has 0 radical (unpaired) electrons. The largest absolute Gasteiger partial charge is 0.337 e. The smallest absolute Gasteiger partial charge is 0.237 e. The number of amides is 1. The molecule has 130 valence electrons. The van der Waals surface area contributed by atoms with E-state index in [1.807, 2.05) is 35.9 Å². The van der Waals surface area contributed by atoms with Crippen molar-refractivity contribution >= 4 is 17.2 Å². The third-order valence-electron chi connectivity index (χ3n) is 5.07. The molecule has 1 saturated heterocycles. The molecule has 3 heterocycles. The molecule has 0 N–H and O–H groups in total. The van der Waals surface area contributed by atoms with E-state index in [-0.39, 0.29) is 11.9 Å². The molecule has 2 atom stereocenters. The second-order valence-corrected chi connectivity index (χ2v) is 7.63. The minimum Gasteiger partial charge on any atom is -0.337 e. The summed E-state index contributed by atoms with van der Waals surface area (Å²) in [7, 11) is 3.91. The number of carbonyl (C=O) groups is 1. The Hall–Kier alpha value is -1.66. The number of aromatic nitrogens is 2. The number of rotatable bonds is 5. The van der Waals surface area contributed by atoms with E-state index in [4.69, 9.17) is 0 Å². The number of likely N-dealkylation sites (N-methyl/N-ethyl adjacent to an activating group) is 1. The molecule has 6 heteroatoms. The molecule has 1 aliphatic heterocycles. The van der Waals surface area contributed by atoms with Gasteiger partial charge in [-0.3, -0.25) is 14.4 Å². The summed E-state index contributed by atoms with van der Waals surface area (Å²) in [5.41, 5.74) is 1.27. The monoisotopic (exact) mass is 346 g/mol. The summed E-state index contributed by atoms with van der Waals surface area (Å²) >= 11 is 1.71. The zero-order valence-corrected chi connectivity index (χ0v) is 15.5. The summed E-state index contributed by atoms with van der Waals surface area (Å²) < 4.78 is 1.96. The molecule has 24 heavy (non-hydrogen) atoms. The van der Waals surface area contributed by atoms with E-state index in [0.29, 0.717) is 12.5 Å². The van der Waals surface area contributed by atoms with Gasteiger partial charge < -0.3 is 4.90 Å². The van der Waals surface area contributed by atoms with Crippen molar-refractivity contribution in [1.29, 1.82) is 0 Å². The van der Waals surface area contributed by atoms with E-state index >= 15 is 0 Å². The molecule has 1 aliphatic rings. The Morgan fingerprint density at radius 3 is 3.00 bits per heavy atom. The van der Waals surface area contributed by atoms with Crippen LogP contribution in [0.25, 0.3) is 0 Å². The van der Waals surface area contributed by atoms with Crippen molar-refractivity contribution in [2.45, 2.75) is 31.7 Å². The lowest BCUT2D eigenvalue weighted by Gasteiger charge is -2.34. The van der Waals surface area contributed by atoms with Crippen LogP contribution in [-0.4, -0.2) is 52.2 Å². The molecule has 0 unspecified atom stereocenters. The third-order valence-corrected chi connectivity index (χ3v) is 6.11. The molecule has 0 saturated carbocycles. The fraction of sp³-hybridized carbons (Fsp3) is 0.556. The fourth-order valence-corrected chi connectivity index (χ4v) is 4.29. The number of hydrogen-bond acceptors (Lipinski definition) is 4. The van der Waals surface area contributed by atoms with Gasteiger partial charge in [0.15, 0.2) is 0 Å². The Bertz CT molecular complexity index is 666. The van der Waals surface area contributed by atoms with Crippen LogP contribution in [0.4, 0.5) is 0 Å². The van der Waals surface area contributed by atoms with Gasteiger partial charge in [-0.05, 0) is 43.8 Å². The topological polar surface area (TPSA) is 41.4 Å². The number of likely N-dealkylation sites (tertiary alicyclic amines) is 1. The summed E-state index contributed by atoms with van der Waals surface area (Å²) in [6.45, 7) is 4.53. The van der Waals surface area contributed by atoms with Gasteiger partial charge in [-0.15, -0.1) is 11.3 Å². The van der Waals surface area contributed by atoms with E-state index in [9.17, 15) is 4.79 Å². The fourth-order valence-electron chi connectivity index (χ4n) is 3.46. The Balaban J connectivity index is 1.59. The van der Waals surface area contributed by atoms with Crippen LogP contribution in [0.1, 0.15) is 42.3 Å². The highest BCUT2D eigenvalue weighted by Gasteiger charge is 2.26. The van der Waals surface area contributed by atoms with Crippen molar-refractivity contribution in [2.75, 3.05) is 26.7 Å². The minimum absolute atomic E-state index is 0.134. The van der Waals surface area contributed by atoms with Crippen LogP contribution in [0.3, 0.4) is 0 Å². The van der Waals surface area contributed by atoms with E-state index in [2.05, 4.69) is 34.4 Å². The molecular formula is C18H26N4OS. The molecular weight excluding hydrogens is 320 g/mol. The molecule has 1 fully saturated rings. The highest BCUT2D eigenvalue weighted by molar-refractivity contribution is 7.10. The van der Waals surface area contributed by atoms with Crippen molar-refractivity contribution in [2.24, 2.45) is 7.05 Å². The number of thiophene rings is 1. The van der Waals surface area contributed by atoms with Crippen molar-refractivity contribution in [3.63, 3.8) is 0 Å². The van der Waals surface area contributed by atoms with Crippen molar-refractivity contribution in [3.05, 3.63) is 40.3 Å². The van der Waals surface area contributed by atoms with Gasteiger partial charge in [0.25, 0.3) is 0 Å². The number of aryl methyl sites for hydroxylation is 1. The molecule has 2 aromatic rings.